The molecular formula is C79H93N7O17S. The van der Waals surface area contributed by atoms with Crippen LogP contribution in [-0.4, -0.2) is 130 Å². The maximum Gasteiger partial charge on any atom is 0.335 e. The number of rotatable bonds is 29. The quantitative estimate of drug-likeness (QED) is 0.0273. The van der Waals surface area contributed by atoms with Gasteiger partial charge in [-0.1, -0.05) is 54.6 Å². The van der Waals surface area contributed by atoms with Crippen LogP contribution < -0.4 is 49.9 Å². The summed E-state index contributed by atoms with van der Waals surface area (Å²) < 4.78 is 45.4. The van der Waals surface area contributed by atoms with Crippen molar-refractivity contribution in [2.75, 3.05) is 69.1 Å². The van der Waals surface area contributed by atoms with Gasteiger partial charge in [0.2, 0.25) is 17.7 Å². The topological polar surface area (TPSA) is 296 Å². The van der Waals surface area contributed by atoms with Crippen LogP contribution in [0.4, 0.5) is 17.1 Å². The Balaban J connectivity index is 0.000000157. The molecule has 6 aromatic carbocycles. The van der Waals surface area contributed by atoms with Crippen molar-refractivity contribution in [3.05, 3.63) is 159 Å². The Labute approximate surface area is 608 Å². The van der Waals surface area contributed by atoms with E-state index in [4.69, 9.17) is 33.3 Å². The van der Waals surface area contributed by atoms with Crippen molar-refractivity contribution in [1.29, 1.82) is 0 Å². The summed E-state index contributed by atoms with van der Waals surface area (Å²) in [5.41, 5.74) is 9.26. The molecule has 4 fully saturated rings. The summed E-state index contributed by atoms with van der Waals surface area (Å²) in [5.74, 6) is 2.13. The Morgan fingerprint density at radius 2 is 0.846 bits per heavy atom. The Kier molecular flexibility index (Phi) is 24.0. The van der Waals surface area contributed by atoms with Crippen molar-refractivity contribution in [2.45, 2.75) is 149 Å². The molecule has 3 heterocycles. The van der Waals surface area contributed by atoms with Crippen molar-refractivity contribution in [1.82, 2.24) is 20.2 Å². The predicted octanol–water partition coefficient (Wildman–Crippen LogP) is 11.7. The van der Waals surface area contributed by atoms with Gasteiger partial charge in [0.05, 0.1) is 111 Å². The van der Waals surface area contributed by atoms with Crippen LogP contribution >= 0.6 is 0 Å². The molecule has 6 aromatic rings. The van der Waals surface area contributed by atoms with E-state index in [-0.39, 0.29) is 84.2 Å². The molecular weight excluding hydrogens is 1350 g/mol. The number of benzene rings is 6. The molecule has 4 saturated carbocycles. The minimum atomic E-state index is -1.01. The van der Waals surface area contributed by atoms with Gasteiger partial charge in [0.1, 0.15) is 0 Å². The third-order valence-electron chi connectivity index (χ3n) is 19.2. The zero-order chi connectivity index (χ0) is 74.1. The van der Waals surface area contributed by atoms with E-state index in [9.17, 15) is 47.7 Å². The first kappa shape index (κ1) is 75.2. The van der Waals surface area contributed by atoms with Crippen molar-refractivity contribution < 1.29 is 80.9 Å². The second-order valence-corrected chi connectivity index (χ2v) is 29.2. The molecule has 25 heteroatoms. The van der Waals surface area contributed by atoms with Crippen molar-refractivity contribution in [3.8, 4) is 34.5 Å². The van der Waals surface area contributed by atoms with Gasteiger partial charge in [0.15, 0.2) is 34.5 Å². The molecule has 3 aliphatic heterocycles. The van der Waals surface area contributed by atoms with Crippen LogP contribution in [0.1, 0.15) is 188 Å². The zero-order valence-electron chi connectivity index (χ0n) is 60.4. The summed E-state index contributed by atoms with van der Waals surface area (Å²) in [5, 5.41) is 19.5. The number of ether oxygens (including phenoxy) is 6. The summed E-state index contributed by atoms with van der Waals surface area (Å²) in [7, 11) is 3.72. The summed E-state index contributed by atoms with van der Waals surface area (Å²) in [6, 6.07) is 31.7. The van der Waals surface area contributed by atoms with Gasteiger partial charge in [-0.15, -0.1) is 0 Å². The van der Waals surface area contributed by atoms with Crippen LogP contribution in [0.2, 0.25) is 0 Å². The maximum atomic E-state index is 13.8. The standard InChI is InChI=1S/C28H31N3O7.C26H32N2O5.C25H30N2O5S/c1-3-37-23-13-18(11-12-22(23)36-2)21(14-24(32)30-38-28(35)17-9-10-17)31-15-19-5-4-6-20(25(19)27(31)34)29-26(33)16-7-8-16;1-5-33-22-13-17(11-12-21(22)32-4)20(14-26(2,3)31)28-15-18-7-6-8-19(23(18)25(28)30)27-24(29)16-9-10-16;1-4-32-22-14-17(10-11-21(22)31-2)20(12-13-33(3)30)27-15-18-6-5-7-19(23(18)25(27)29)26-24(28)16-8-9-16/h4-6,11-13,16-17,21H,3,7-10,14-15H2,1-2H3,(H,29,33)(H,30,32);6-8,11-13,16,20,31H,5,9-10,14-15H2,1-4H3,(H,27,29);5-7,10-11,14,16,20H,4,8-9,12-13,15H2,1-3H3,(H,26,28)/t21-;20-;20-,33?/m010/s1. The smallest absolute Gasteiger partial charge is 0.335 e. The maximum absolute atomic E-state index is 13.8. The molecule has 7 aliphatic rings. The average Bonchev–Trinajstić information content (AvgIpc) is 1.62. The van der Waals surface area contributed by atoms with E-state index in [1.54, 1.807) is 86.6 Å². The molecule has 5 N–H and O–H groups in total. The number of amides is 7. The van der Waals surface area contributed by atoms with Gasteiger partial charge >= 0.3 is 5.97 Å². The van der Waals surface area contributed by atoms with Gasteiger partial charge in [-0.3, -0.25) is 37.8 Å². The number of aliphatic hydroxyl groups is 1. The third-order valence-corrected chi connectivity index (χ3v) is 20.0. The Morgan fingerprint density at radius 1 is 0.500 bits per heavy atom. The molecule has 0 bridgehead atoms. The molecule has 13 rings (SSSR count). The lowest BCUT2D eigenvalue weighted by Crippen LogP contribution is -2.35. The number of nitrogens with zero attached hydrogens (tertiary/aromatic N) is 3. The van der Waals surface area contributed by atoms with Gasteiger partial charge < -0.3 is 69.0 Å². The molecule has 4 aliphatic carbocycles. The fourth-order valence-corrected chi connectivity index (χ4v) is 13.8. The van der Waals surface area contributed by atoms with E-state index in [0.717, 1.165) is 79.2 Å². The average molecular weight is 1440 g/mol. The Morgan fingerprint density at radius 3 is 1.18 bits per heavy atom. The van der Waals surface area contributed by atoms with E-state index >= 15 is 0 Å². The van der Waals surface area contributed by atoms with E-state index in [0.29, 0.717) is 125 Å². The summed E-state index contributed by atoms with van der Waals surface area (Å²) >= 11 is 0. The molecule has 7 amide bonds. The number of fused-ring (bicyclic) bond motifs is 3. The van der Waals surface area contributed by atoms with Crippen LogP contribution in [0.5, 0.6) is 34.5 Å². The van der Waals surface area contributed by atoms with Crippen molar-refractivity contribution in [3.63, 3.8) is 0 Å². The highest BCUT2D eigenvalue weighted by Gasteiger charge is 2.43. The SMILES string of the molecule is CCOc1cc([C@@H](CC(C)(C)O)N2Cc3cccc(NC(=O)C4CC4)c3C2=O)ccc1OC.CCOc1cc([C@H](CC(=O)NOC(=O)C2CC2)N2Cc3cccc(NC(=O)C4CC4)c3C2=O)ccc1OC.CCOc1cc([C@H](CCS(C)=O)N2Cc3cccc(NC(=O)C4CC4)c3C2=O)ccc1OC. The first-order valence-corrected chi connectivity index (χ1v) is 37.4. The second-order valence-electron chi connectivity index (χ2n) is 27.7. The monoisotopic (exact) mass is 1440 g/mol. The molecule has 0 radical (unpaired) electrons. The Bertz CT molecular complexity index is 4250. The minimum absolute atomic E-state index is 0.00968. The fraction of sp³-hybridized carbons (Fsp3) is 0.443. The molecule has 552 valence electrons. The van der Waals surface area contributed by atoms with E-state index < -0.39 is 34.3 Å². The fourth-order valence-electron chi connectivity index (χ4n) is 13.3. The molecule has 0 spiro atoms. The van der Waals surface area contributed by atoms with Gasteiger partial charge in [-0.2, -0.15) is 5.48 Å². The molecule has 4 atom stereocenters. The van der Waals surface area contributed by atoms with Crippen LogP contribution in [0.15, 0.2) is 109 Å². The highest BCUT2D eigenvalue weighted by molar-refractivity contribution is 7.84. The number of hydroxylamine groups is 1. The normalized spacial score (nSPS) is 16.7. The summed E-state index contributed by atoms with van der Waals surface area (Å²) in [6.07, 6.45) is 9.20. The lowest BCUT2D eigenvalue weighted by molar-refractivity contribution is -0.159. The number of nitrogens with one attached hydrogen (secondary N) is 4. The number of carbonyl (C=O) groups excluding carboxylic acids is 8. The lowest BCUT2D eigenvalue weighted by atomic mass is 9.92. The minimum Gasteiger partial charge on any atom is -0.493 e. The van der Waals surface area contributed by atoms with Crippen LogP contribution in [0.3, 0.4) is 0 Å². The number of anilines is 3. The zero-order valence-corrected chi connectivity index (χ0v) is 61.2. The highest BCUT2D eigenvalue weighted by atomic mass is 32.2. The van der Waals surface area contributed by atoms with Crippen LogP contribution in [-0.2, 0) is 59.2 Å². The molecule has 0 aromatic heterocycles. The lowest BCUT2D eigenvalue weighted by Gasteiger charge is -2.33. The van der Waals surface area contributed by atoms with Crippen molar-refractivity contribution in [2.24, 2.45) is 23.7 Å². The van der Waals surface area contributed by atoms with Gasteiger partial charge in [0, 0.05) is 66.6 Å². The Hall–Kier alpha value is -10.0. The van der Waals surface area contributed by atoms with Crippen LogP contribution in [0.25, 0.3) is 0 Å². The summed E-state index contributed by atoms with van der Waals surface area (Å²) in [4.78, 5) is 113. The largest absolute Gasteiger partial charge is 0.493 e. The van der Waals surface area contributed by atoms with E-state index in [1.807, 2.05) is 92.4 Å². The highest BCUT2D eigenvalue weighted by Crippen LogP contribution is 2.45. The van der Waals surface area contributed by atoms with Crippen LogP contribution in [0, 0.1) is 23.7 Å². The number of methoxy groups -OCH3 is 3. The molecule has 1 unspecified atom stereocenters. The van der Waals surface area contributed by atoms with Gasteiger partial charge in [-0.05, 0) is 180 Å². The van der Waals surface area contributed by atoms with E-state index in [2.05, 4.69) is 21.4 Å². The first-order chi connectivity index (χ1) is 50.0. The first-order valence-electron chi connectivity index (χ1n) is 35.7. The van der Waals surface area contributed by atoms with E-state index in [1.165, 1.54) is 7.11 Å². The molecule has 24 nitrogen and oxygen atoms in total. The van der Waals surface area contributed by atoms with Gasteiger partial charge in [0.25, 0.3) is 23.6 Å². The number of hydrogen-bond donors (Lipinski definition) is 5. The van der Waals surface area contributed by atoms with Crippen molar-refractivity contribution >= 4 is 75.2 Å². The van der Waals surface area contributed by atoms with Gasteiger partial charge in [-0.25, -0.2) is 4.79 Å². The second kappa shape index (κ2) is 33.2. The molecule has 0 saturated heterocycles. The number of hydrogen-bond acceptors (Lipinski definition) is 17. The third kappa shape index (κ3) is 18.1. The summed E-state index contributed by atoms with van der Waals surface area (Å²) in [6.45, 7) is 11.6. The number of carbonyl (C=O) groups is 8. The molecule has 104 heavy (non-hydrogen) atoms. The predicted molar refractivity (Wildman–Crippen MR) is 390 cm³/mol.